The molecule has 2 aromatic carbocycles. The van der Waals surface area contributed by atoms with Crippen molar-refractivity contribution in [1.82, 2.24) is 0 Å². The first-order valence-corrected chi connectivity index (χ1v) is 7.33. The molecule has 0 bridgehead atoms. The van der Waals surface area contributed by atoms with E-state index in [4.69, 9.17) is 9.47 Å². The third-order valence-corrected chi connectivity index (χ3v) is 3.21. The molecule has 0 aliphatic rings. The van der Waals surface area contributed by atoms with Gasteiger partial charge in [-0.15, -0.1) is 0 Å². The molecule has 0 aliphatic carbocycles. The second-order valence-electron chi connectivity index (χ2n) is 4.85. The summed E-state index contributed by atoms with van der Waals surface area (Å²) in [5.74, 6) is -0.810. The first-order valence-electron chi connectivity index (χ1n) is 7.33. The predicted octanol–water partition coefficient (Wildman–Crippen LogP) is 4.15. The highest BCUT2D eigenvalue weighted by atomic mass is 19.1. The van der Waals surface area contributed by atoms with Crippen molar-refractivity contribution in [3.63, 3.8) is 0 Å². The molecule has 7 heteroatoms. The third-order valence-electron chi connectivity index (χ3n) is 3.21. The summed E-state index contributed by atoms with van der Waals surface area (Å²) in [5.41, 5.74) is 1.45. The summed E-state index contributed by atoms with van der Waals surface area (Å²) in [4.78, 5) is 11.5. The number of carbonyl (C=O) groups is 1. The van der Waals surface area contributed by atoms with Crippen molar-refractivity contribution in [3.05, 3.63) is 53.6 Å². The van der Waals surface area contributed by atoms with Crippen LogP contribution < -0.4 is 15.4 Å². The minimum Gasteiger partial charge on any atom is -0.494 e. The van der Waals surface area contributed by atoms with Gasteiger partial charge in [0, 0.05) is 29.9 Å². The summed E-state index contributed by atoms with van der Waals surface area (Å²) < 4.78 is 36.5. The fourth-order valence-electron chi connectivity index (χ4n) is 2.04. The van der Waals surface area contributed by atoms with E-state index in [2.05, 4.69) is 10.6 Å². The molecule has 5 nitrogen and oxygen atoms in total. The molecule has 128 valence electrons. The third kappa shape index (κ3) is 4.58. The van der Waals surface area contributed by atoms with E-state index in [0.717, 1.165) is 6.07 Å². The molecule has 1 amide bonds. The number of anilines is 2. The Morgan fingerprint density at radius 2 is 1.96 bits per heavy atom. The Morgan fingerprint density at radius 1 is 1.17 bits per heavy atom. The molecule has 0 heterocycles. The van der Waals surface area contributed by atoms with Crippen LogP contribution in [0.3, 0.4) is 0 Å². The van der Waals surface area contributed by atoms with Crippen LogP contribution in [0.1, 0.15) is 12.5 Å². The molecule has 0 aromatic heterocycles. The van der Waals surface area contributed by atoms with Crippen molar-refractivity contribution < 1.29 is 23.0 Å². The van der Waals surface area contributed by atoms with Crippen molar-refractivity contribution in [2.45, 2.75) is 13.5 Å². The van der Waals surface area contributed by atoms with Crippen LogP contribution in [-0.2, 0) is 11.3 Å². The smallest absolute Gasteiger partial charge is 0.411 e. The number of halogens is 2. The zero-order valence-corrected chi connectivity index (χ0v) is 13.4. The lowest BCUT2D eigenvalue weighted by Crippen LogP contribution is -2.14. The summed E-state index contributed by atoms with van der Waals surface area (Å²) >= 11 is 0. The summed E-state index contributed by atoms with van der Waals surface area (Å²) in [6.07, 6.45) is -0.579. The van der Waals surface area contributed by atoms with Gasteiger partial charge in [-0.05, 0) is 25.1 Å². The molecule has 0 radical (unpaired) electrons. The molecule has 2 N–H and O–H groups in total. The van der Waals surface area contributed by atoms with Gasteiger partial charge in [-0.3, -0.25) is 5.32 Å². The second-order valence-corrected chi connectivity index (χ2v) is 4.85. The highest BCUT2D eigenvalue weighted by molar-refractivity contribution is 5.87. The Kier molecular flexibility index (Phi) is 5.95. The van der Waals surface area contributed by atoms with E-state index < -0.39 is 17.7 Å². The maximum absolute atomic E-state index is 13.6. The molecule has 24 heavy (non-hydrogen) atoms. The van der Waals surface area contributed by atoms with E-state index in [9.17, 15) is 13.6 Å². The number of nitrogens with one attached hydrogen (secondary N) is 2. The number of hydrogen-bond acceptors (Lipinski definition) is 4. The molecule has 0 fully saturated rings. The Bertz CT molecular complexity index is 723. The highest BCUT2D eigenvalue weighted by Crippen LogP contribution is 2.28. The summed E-state index contributed by atoms with van der Waals surface area (Å²) in [6, 6.07) is 8.41. The predicted molar refractivity (Wildman–Crippen MR) is 87.3 cm³/mol. The fourth-order valence-corrected chi connectivity index (χ4v) is 2.04. The molecular weight excluding hydrogens is 318 g/mol. The van der Waals surface area contributed by atoms with Crippen LogP contribution >= 0.6 is 0 Å². The highest BCUT2D eigenvalue weighted by Gasteiger charge is 2.09. The van der Waals surface area contributed by atoms with Gasteiger partial charge in [-0.2, -0.15) is 0 Å². The van der Waals surface area contributed by atoms with E-state index in [1.54, 1.807) is 25.1 Å². The number of benzene rings is 2. The van der Waals surface area contributed by atoms with E-state index in [0.29, 0.717) is 22.7 Å². The zero-order chi connectivity index (χ0) is 17.5. The quantitative estimate of drug-likeness (QED) is 0.832. The molecule has 0 aliphatic heterocycles. The minimum absolute atomic E-state index is 0.180. The zero-order valence-electron chi connectivity index (χ0n) is 13.4. The van der Waals surface area contributed by atoms with Gasteiger partial charge in [-0.25, -0.2) is 13.6 Å². The standard InChI is InChI=1S/C17H18F2N2O3/c1-3-24-17(22)21-15-7-6-13(9-16(15)23-2)20-10-11-4-5-12(18)8-14(11)19/h4-9,20H,3,10H2,1-2H3,(H,21,22). The van der Waals surface area contributed by atoms with Crippen LogP contribution in [0.25, 0.3) is 0 Å². The number of ether oxygens (including phenoxy) is 2. The minimum atomic E-state index is -0.618. The maximum Gasteiger partial charge on any atom is 0.411 e. The van der Waals surface area contributed by atoms with Gasteiger partial charge in [0.2, 0.25) is 0 Å². The molecule has 0 atom stereocenters. The Labute approximate surface area is 138 Å². The SMILES string of the molecule is CCOC(=O)Nc1ccc(NCc2ccc(F)cc2F)cc1OC. The molecular formula is C17H18F2N2O3. The fraction of sp³-hybridized carbons (Fsp3) is 0.235. The number of methoxy groups -OCH3 is 1. The lowest BCUT2D eigenvalue weighted by molar-refractivity contribution is 0.168. The molecule has 0 saturated heterocycles. The summed E-state index contributed by atoms with van der Waals surface area (Å²) in [7, 11) is 1.47. The molecule has 2 aromatic rings. The normalized spacial score (nSPS) is 10.2. The van der Waals surface area contributed by atoms with Crippen LogP contribution in [0.5, 0.6) is 5.75 Å². The van der Waals surface area contributed by atoms with E-state index >= 15 is 0 Å². The first-order chi connectivity index (χ1) is 11.5. The van der Waals surface area contributed by atoms with Gasteiger partial charge >= 0.3 is 6.09 Å². The van der Waals surface area contributed by atoms with Gasteiger partial charge < -0.3 is 14.8 Å². The van der Waals surface area contributed by atoms with Crippen LogP contribution in [0.4, 0.5) is 25.0 Å². The number of rotatable bonds is 6. The maximum atomic E-state index is 13.6. The van der Waals surface area contributed by atoms with Gasteiger partial charge in [0.1, 0.15) is 17.4 Å². The van der Waals surface area contributed by atoms with Crippen molar-refractivity contribution in [3.8, 4) is 5.75 Å². The summed E-state index contributed by atoms with van der Waals surface area (Å²) in [5, 5.41) is 5.58. The van der Waals surface area contributed by atoms with Gasteiger partial charge in [0.25, 0.3) is 0 Å². The van der Waals surface area contributed by atoms with E-state index in [1.807, 2.05) is 0 Å². The van der Waals surface area contributed by atoms with E-state index in [1.165, 1.54) is 19.2 Å². The van der Waals surface area contributed by atoms with Crippen molar-refractivity contribution in [2.24, 2.45) is 0 Å². The topological polar surface area (TPSA) is 59.6 Å². The van der Waals surface area contributed by atoms with Crippen molar-refractivity contribution in [1.29, 1.82) is 0 Å². The Morgan fingerprint density at radius 3 is 2.62 bits per heavy atom. The van der Waals surface area contributed by atoms with Crippen LogP contribution in [0.15, 0.2) is 36.4 Å². The molecule has 2 rings (SSSR count). The molecule has 0 unspecified atom stereocenters. The molecule has 0 spiro atoms. The van der Waals surface area contributed by atoms with Gasteiger partial charge in [0.05, 0.1) is 19.4 Å². The average Bonchev–Trinajstić information content (AvgIpc) is 2.55. The number of carbonyl (C=O) groups excluding carboxylic acids is 1. The number of amides is 1. The first kappa shape index (κ1) is 17.5. The van der Waals surface area contributed by atoms with Crippen LogP contribution in [-0.4, -0.2) is 19.8 Å². The van der Waals surface area contributed by atoms with Gasteiger partial charge in [0.15, 0.2) is 0 Å². The van der Waals surface area contributed by atoms with Gasteiger partial charge in [-0.1, -0.05) is 6.07 Å². The lowest BCUT2D eigenvalue weighted by Gasteiger charge is -2.13. The largest absolute Gasteiger partial charge is 0.494 e. The Hall–Kier alpha value is -2.83. The molecule has 0 saturated carbocycles. The second kappa shape index (κ2) is 8.14. The van der Waals surface area contributed by atoms with Crippen LogP contribution in [0.2, 0.25) is 0 Å². The van der Waals surface area contributed by atoms with Crippen molar-refractivity contribution >= 4 is 17.5 Å². The van der Waals surface area contributed by atoms with Crippen molar-refractivity contribution in [2.75, 3.05) is 24.4 Å². The average molecular weight is 336 g/mol. The number of hydrogen-bond donors (Lipinski definition) is 2. The monoisotopic (exact) mass is 336 g/mol. The lowest BCUT2D eigenvalue weighted by atomic mass is 10.2. The Balaban J connectivity index is 2.07. The summed E-state index contributed by atoms with van der Waals surface area (Å²) in [6.45, 7) is 2.15. The van der Waals surface area contributed by atoms with E-state index in [-0.39, 0.29) is 13.2 Å². The van der Waals surface area contributed by atoms with Crippen LogP contribution in [0, 0.1) is 11.6 Å².